The SMILES string of the molecule is CNC(C)c1ccc2c(c1)C(C)CO2. The third-order valence-electron chi connectivity index (χ3n) is 2.99. The fourth-order valence-corrected chi connectivity index (χ4v) is 1.82. The van der Waals surface area contributed by atoms with Crippen LogP contribution in [0.2, 0.25) is 0 Å². The summed E-state index contributed by atoms with van der Waals surface area (Å²) in [6, 6.07) is 6.89. The molecule has 0 bridgehead atoms. The number of rotatable bonds is 2. The molecule has 0 amide bonds. The highest BCUT2D eigenvalue weighted by Gasteiger charge is 2.20. The molecule has 1 aromatic rings. The molecule has 0 aromatic heterocycles. The Morgan fingerprint density at radius 2 is 2.29 bits per heavy atom. The lowest BCUT2D eigenvalue weighted by Gasteiger charge is -2.12. The van der Waals surface area contributed by atoms with Crippen molar-refractivity contribution in [3.8, 4) is 5.75 Å². The van der Waals surface area contributed by atoms with Crippen LogP contribution in [0.3, 0.4) is 0 Å². The van der Waals surface area contributed by atoms with E-state index in [9.17, 15) is 0 Å². The van der Waals surface area contributed by atoms with Gasteiger partial charge in [-0.2, -0.15) is 0 Å². The molecule has 1 aromatic carbocycles. The number of ether oxygens (including phenoxy) is 1. The average Bonchev–Trinajstić information content (AvgIpc) is 2.59. The molecule has 1 aliphatic rings. The standard InChI is InChI=1S/C12H17NO/c1-8-7-14-12-5-4-10(6-11(8)12)9(2)13-3/h4-6,8-9,13H,7H2,1-3H3. The lowest BCUT2D eigenvalue weighted by Crippen LogP contribution is -2.12. The molecule has 0 saturated heterocycles. The molecule has 14 heavy (non-hydrogen) atoms. The van der Waals surface area contributed by atoms with Gasteiger partial charge >= 0.3 is 0 Å². The van der Waals surface area contributed by atoms with Gasteiger partial charge in [0.2, 0.25) is 0 Å². The molecular formula is C12H17NO. The molecule has 76 valence electrons. The molecule has 2 nitrogen and oxygen atoms in total. The summed E-state index contributed by atoms with van der Waals surface area (Å²) >= 11 is 0. The highest BCUT2D eigenvalue weighted by atomic mass is 16.5. The molecule has 0 spiro atoms. The number of hydrogen-bond acceptors (Lipinski definition) is 2. The fourth-order valence-electron chi connectivity index (χ4n) is 1.82. The van der Waals surface area contributed by atoms with Crippen molar-refractivity contribution >= 4 is 0 Å². The fraction of sp³-hybridized carbons (Fsp3) is 0.500. The molecule has 1 N–H and O–H groups in total. The normalized spacial score (nSPS) is 21.5. The van der Waals surface area contributed by atoms with E-state index in [2.05, 4.69) is 37.4 Å². The van der Waals surface area contributed by atoms with Gasteiger partial charge < -0.3 is 10.1 Å². The summed E-state index contributed by atoms with van der Waals surface area (Å²) in [5.74, 6) is 1.60. The van der Waals surface area contributed by atoms with E-state index in [0.717, 1.165) is 12.4 Å². The highest BCUT2D eigenvalue weighted by molar-refractivity contribution is 5.43. The van der Waals surface area contributed by atoms with Crippen molar-refractivity contribution in [2.45, 2.75) is 25.8 Å². The Labute approximate surface area is 85.3 Å². The van der Waals surface area contributed by atoms with Gasteiger partial charge in [0.1, 0.15) is 5.75 Å². The van der Waals surface area contributed by atoms with E-state index in [4.69, 9.17) is 4.74 Å². The Kier molecular flexibility index (Phi) is 2.46. The van der Waals surface area contributed by atoms with Gasteiger partial charge in [-0.05, 0) is 25.6 Å². The lowest BCUT2D eigenvalue weighted by atomic mass is 9.98. The summed E-state index contributed by atoms with van der Waals surface area (Å²) in [5, 5.41) is 3.25. The van der Waals surface area contributed by atoms with Crippen LogP contribution in [0.5, 0.6) is 5.75 Å². The van der Waals surface area contributed by atoms with Gasteiger partial charge in [0.25, 0.3) is 0 Å². The summed E-state index contributed by atoms with van der Waals surface area (Å²) in [7, 11) is 1.98. The van der Waals surface area contributed by atoms with Crippen LogP contribution in [0.1, 0.15) is 36.9 Å². The van der Waals surface area contributed by atoms with Gasteiger partial charge in [0, 0.05) is 17.5 Å². The first-order valence-electron chi connectivity index (χ1n) is 5.16. The molecule has 1 heterocycles. The largest absolute Gasteiger partial charge is 0.493 e. The van der Waals surface area contributed by atoms with Crippen LogP contribution in [-0.4, -0.2) is 13.7 Å². The molecule has 2 rings (SSSR count). The van der Waals surface area contributed by atoms with Crippen LogP contribution in [0.25, 0.3) is 0 Å². The molecule has 0 saturated carbocycles. The maximum Gasteiger partial charge on any atom is 0.122 e. The van der Waals surface area contributed by atoms with Gasteiger partial charge in [-0.15, -0.1) is 0 Å². The Morgan fingerprint density at radius 1 is 1.50 bits per heavy atom. The summed E-state index contributed by atoms with van der Waals surface area (Å²) in [5.41, 5.74) is 2.69. The Balaban J connectivity index is 2.34. The maximum atomic E-state index is 5.56. The quantitative estimate of drug-likeness (QED) is 0.775. The number of hydrogen-bond donors (Lipinski definition) is 1. The van der Waals surface area contributed by atoms with E-state index in [1.165, 1.54) is 11.1 Å². The Bertz CT molecular complexity index is 335. The van der Waals surface area contributed by atoms with Crippen LogP contribution in [-0.2, 0) is 0 Å². The maximum absolute atomic E-state index is 5.56. The molecular weight excluding hydrogens is 174 g/mol. The van der Waals surface area contributed by atoms with E-state index in [-0.39, 0.29) is 0 Å². The van der Waals surface area contributed by atoms with Crippen molar-refractivity contribution in [3.05, 3.63) is 29.3 Å². The van der Waals surface area contributed by atoms with Crippen LogP contribution < -0.4 is 10.1 Å². The van der Waals surface area contributed by atoms with E-state index in [0.29, 0.717) is 12.0 Å². The van der Waals surface area contributed by atoms with Crippen LogP contribution >= 0.6 is 0 Å². The summed E-state index contributed by atoms with van der Waals surface area (Å²) in [6.45, 7) is 5.20. The second kappa shape index (κ2) is 3.62. The monoisotopic (exact) mass is 191 g/mol. The Hall–Kier alpha value is -1.02. The molecule has 2 heteroatoms. The van der Waals surface area contributed by atoms with Gasteiger partial charge in [0.15, 0.2) is 0 Å². The highest BCUT2D eigenvalue weighted by Crippen LogP contribution is 2.35. The Morgan fingerprint density at radius 3 is 3.00 bits per heavy atom. The second-order valence-corrected chi connectivity index (χ2v) is 4.02. The van der Waals surface area contributed by atoms with Gasteiger partial charge in [0.05, 0.1) is 6.61 Å². The minimum atomic E-state index is 0.410. The van der Waals surface area contributed by atoms with Crippen molar-refractivity contribution in [2.24, 2.45) is 0 Å². The van der Waals surface area contributed by atoms with Crippen LogP contribution in [0.4, 0.5) is 0 Å². The molecule has 2 unspecified atom stereocenters. The van der Waals surface area contributed by atoms with E-state index >= 15 is 0 Å². The number of nitrogens with one attached hydrogen (secondary N) is 1. The van der Waals surface area contributed by atoms with Gasteiger partial charge in [-0.25, -0.2) is 0 Å². The zero-order valence-electron chi connectivity index (χ0n) is 9.00. The van der Waals surface area contributed by atoms with Crippen molar-refractivity contribution in [2.75, 3.05) is 13.7 Å². The van der Waals surface area contributed by atoms with Crippen LogP contribution in [0, 0.1) is 0 Å². The van der Waals surface area contributed by atoms with Crippen molar-refractivity contribution in [3.63, 3.8) is 0 Å². The topological polar surface area (TPSA) is 21.3 Å². The van der Waals surface area contributed by atoms with Crippen molar-refractivity contribution in [1.82, 2.24) is 5.32 Å². The second-order valence-electron chi connectivity index (χ2n) is 4.02. The molecule has 1 aliphatic heterocycles. The van der Waals surface area contributed by atoms with Gasteiger partial charge in [-0.3, -0.25) is 0 Å². The van der Waals surface area contributed by atoms with E-state index in [1.54, 1.807) is 0 Å². The first kappa shape index (κ1) is 9.53. The minimum absolute atomic E-state index is 0.410. The van der Waals surface area contributed by atoms with E-state index < -0.39 is 0 Å². The van der Waals surface area contributed by atoms with Crippen molar-refractivity contribution < 1.29 is 4.74 Å². The third kappa shape index (κ3) is 1.50. The summed E-state index contributed by atoms with van der Waals surface area (Å²) in [6.07, 6.45) is 0. The predicted molar refractivity (Wildman–Crippen MR) is 57.8 cm³/mol. The molecule has 0 aliphatic carbocycles. The summed E-state index contributed by atoms with van der Waals surface area (Å²) in [4.78, 5) is 0. The van der Waals surface area contributed by atoms with Crippen molar-refractivity contribution in [1.29, 1.82) is 0 Å². The third-order valence-corrected chi connectivity index (χ3v) is 2.99. The predicted octanol–water partition coefficient (Wildman–Crippen LogP) is 2.46. The first-order valence-corrected chi connectivity index (χ1v) is 5.16. The smallest absolute Gasteiger partial charge is 0.122 e. The number of fused-ring (bicyclic) bond motifs is 1. The van der Waals surface area contributed by atoms with Gasteiger partial charge in [-0.1, -0.05) is 19.1 Å². The zero-order valence-corrected chi connectivity index (χ0v) is 9.00. The number of benzene rings is 1. The van der Waals surface area contributed by atoms with Crippen LogP contribution in [0.15, 0.2) is 18.2 Å². The minimum Gasteiger partial charge on any atom is -0.493 e. The summed E-state index contributed by atoms with van der Waals surface area (Å²) < 4.78 is 5.56. The molecule has 0 fully saturated rings. The average molecular weight is 191 g/mol. The lowest BCUT2D eigenvalue weighted by molar-refractivity contribution is 0.337. The zero-order chi connectivity index (χ0) is 10.1. The van der Waals surface area contributed by atoms with E-state index in [1.807, 2.05) is 7.05 Å². The first-order chi connectivity index (χ1) is 6.72. The molecule has 0 radical (unpaired) electrons. The molecule has 2 atom stereocenters.